The number of hydrogen-bond acceptors (Lipinski definition) is 5. The molecule has 0 radical (unpaired) electrons. The molecule has 2 aromatic rings. The molecule has 0 saturated carbocycles. The normalized spacial score (nSPS) is 15.8. The molecule has 2 atom stereocenters. The number of carbonyl (C=O) groups is 2. The van der Waals surface area contributed by atoms with Crippen LogP contribution in [-0.2, 0) is 11.0 Å². The van der Waals surface area contributed by atoms with Crippen LogP contribution in [0.15, 0.2) is 70.2 Å². The van der Waals surface area contributed by atoms with Gasteiger partial charge in [0, 0.05) is 44.6 Å². The number of allylic oxidation sites excluding steroid dienone is 3. The van der Waals surface area contributed by atoms with Crippen LogP contribution in [0, 0.1) is 11.8 Å². The van der Waals surface area contributed by atoms with Gasteiger partial charge in [-0.05, 0) is 94.5 Å². The van der Waals surface area contributed by atoms with Crippen LogP contribution < -0.4 is 4.74 Å². The van der Waals surface area contributed by atoms with Gasteiger partial charge in [-0.15, -0.1) is 11.8 Å². The number of hydrogen-bond donors (Lipinski definition) is 1. The Balaban J connectivity index is 0.00000477. The topological polar surface area (TPSA) is 85.7 Å². The molecule has 53 heavy (non-hydrogen) atoms. The molecule has 1 aliphatic heterocycles. The zero-order valence-corrected chi connectivity index (χ0v) is 32.9. The van der Waals surface area contributed by atoms with E-state index >= 15 is 0 Å². The fourth-order valence-corrected chi connectivity index (χ4v) is 5.86. The van der Waals surface area contributed by atoms with E-state index in [2.05, 4.69) is 11.8 Å². The highest BCUT2D eigenvalue weighted by atomic mass is 35.5. The summed E-state index contributed by atoms with van der Waals surface area (Å²) >= 11 is 6.20. The average Bonchev–Trinajstić information content (AvgIpc) is 3.53. The Hall–Kier alpha value is -4.43. The molecule has 0 saturated heterocycles. The van der Waals surface area contributed by atoms with E-state index in [0.29, 0.717) is 62.3 Å². The van der Waals surface area contributed by atoms with E-state index in [4.69, 9.17) is 21.3 Å². The lowest BCUT2D eigenvalue weighted by Gasteiger charge is -2.35. The third-order valence-corrected chi connectivity index (χ3v) is 8.53. The summed E-state index contributed by atoms with van der Waals surface area (Å²) in [5.41, 5.74) is 0.758. The number of nitrogens with zero attached hydrogens (tertiary/aromatic N) is 4. The maximum atomic E-state index is 14.8. The highest BCUT2D eigenvalue weighted by molar-refractivity contribution is 6.29. The molecule has 0 aromatic heterocycles. The Labute approximate surface area is 318 Å². The first kappa shape index (κ1) is 44.7. The molecule has 0 aliphatic carbocycles. The van der Waals surface area contributed by atoms with Crippen LogP contribution in [0.3, 0.4) is 0 Å². The number of halogens is 4. The Morgan fingerprint density at radius 2 is 1.72 bits per heavy atom. The highest BCUT2D eigenvalue weighted by Gasteiger charge is 2.44. The van der Waals surface area contributed by atoms with Gasteiger partial charge < -0.3 is 19.6 Å². The molecule has 8 nitrogen and oxygen atoms in total. The zero-order chi connectivity index (χ0) is 39.7. The van der Waals surface area contributed by atoms with Crippen molar-refractivity contribution >= 4 is 29.4 Å². The van der Waals surface area contributed by atoms with Gasteiger partial charge in [0.15, 0.2) is 0 Å². The molecule has 290 valence electrons. The van der Waals surface area contributed by atoms with Crippen LogP contribution in [-0.4, -0.2) is 76.9 Å². The van der Waals surface area contributed by atoms with E-state index in [1.54, 1.807) is 61.9 Å². The second kappa shape index (κ2) is 21.9. The van der Waals surface area contributed by atoms with Gasteiger partial charge in [0.2, 0.25) is 5.91 Å². The first-order valence-electron chi connectivity index (χ1n) is 18.2. The fraction of sp³-hybridized carbons (Fsp3) is 0.488. The van der Waals surface area contributed by atoms with Crippen molar-refractivity contribution in [1.29, 1.82) is 0 Å². The molecule has 1 N–H and O–H groups in total. The summed E-state index contributed by atoms with van der Waals surface area (Å²) in [6.07, 6.45) is 1.57. The van der Waals surface area contributed by atoms with Gasteiger partial charge in [0.05, 0.1) is 23.8 Å². The lowest BCUT2D eigenvalue weighted by atomic mass is 9.94. The number of ether oxygens (including phenoxy) is 1. The second-order valence-electron chi connectivity index (χ2n) is 12.3. The van der Waals surface area contributed by atoms with E-state index in [9.17, 15) is 27.9 Å². The van der Waals surface area contributed by atoms with Gasteiger partial charge in [-0.2, -0.15) is 13.2 Å². The summed E-state index contributed by atoms with van der Waals surface area (Å²) in [5, 5.41) is 10.6. The highest BCUT2D eigenvalue weighted by Crippen LogP contribution is 2.41. The predicted molar refractivity (Wildman–Crippen MR) is 207 cm³/mol. The minimum atomic E-state index is -4.61. The average molecular weight is 759 g/mol. The number of amides is 3. The number of benzene rings is 2. The van der Waals surface area contributed by atoms with E-state index < -0.39 is 23.8 Å². The largest absolute Gasteiger partial charge is 0.508 e. The molecule has 0 spiro atoms. The molecule has 2 aromatic carbocycles. The quantitative estimate of drug-likeness (QED) is 0.111. The molecule has 0 bridgehead atoms. The van der Waals surface area contributed by atoms with Gasteiger partial charge in [-0.25, -0.2) is 4.79 Å². The van der Waals surface area contributed by atoms with E-state index in [-0.39, 0.29) is 41.4 Å². The van der Waals surface area contributed by atoms with Crippen LogP contribution in [0.1, 0.15) is 103 Å². The number of phenolic OH excluding ortho intramolecular Hbond substituents is 1. The monoisotopic (exact) mass is 758 g/mol. The van der Waals surface area contributed by atoms with Gasteiger partial charge in [-0.1, -0.05) is 50.6 Å². The lowest BCUT2D eigenvalue weighted by molar-refractivity contribution is -0.137. The number of aliphatic imine (C=N–C) groups is 1. The van der Waals surface area contributed by atoms with Crippen molar-refractivity contribution < 1.29 is 32.6 Å². The number of carbonyl (C=O) groups excluding carboxylic acids is 2. The first-order chi connectivity index (χ1) is 25.2. The predicted octanol–water partition coefficient (Wildman–Crippen LogP) is 9.97. The number of phenols is 1. The van der Waals surface area contributed by atoms with Crippen LogP contribution in [0.2, 0.25) is 0 Å². The minimum Gasteiger partial charge on any atom is -0.508 e. The lowest BCUT2D eigenvalue weighted by Crippen LogP contribution is -2.50. The Bertz CT molecular complexity index is 1660. The van der Waals surface area contributed by atoms with Crippen molar-refractivity contribution in [1.82, 2.24) is 14.7 Å². The molecule has 0 fully saturated rings. The van der Waals surface area contributed by atoms with Crippen molar-refractivity contribution in [2.45, 2.75) is 98.8 Å². The standard InChI is InChI=1S/C39H48ClF3N4O4.C2H6/c1-7-10-12-24-45(6)34(49)14-11-13-25-46(23-8-2)38(50)47-36(27(4)15-16-28(5)40)35(29-17-20-31(48)21-18-29)44-37(47)32-22-19-30(39(41,42)43)26-33(32)51-9-3;1-2/h15-22,26,35-36,48H,8-9,11-14,23-25H2,1-6H3;1-2H3/b27-15+,28-16+;. The van der Waals surface area contributed by atoms with Gasteiger partial charge in [0.25, 0.3) is 0 Å². The molecule has 1 aliphatic rings. The SMILES string of the molecule is CC.CC#CCCN(C)C(=O)CCCCN(CCC)C(=O)N1C(c2ccc(C(F)(F)F)cc2OCC)=NC(c2ccc(O)cc2)C1/C(C)=C/C=C(\C)Cl. The third-order valence-electron chi connectivity index (χ3n) is 8.41. The van der Waals surface area contributed by atoms with Crippen molar-refractivity contribution in [2.75, 3.05) is 33.3 Å². The van der Waals surface area contributed by atoms with Crippen molar-refractivity contribution in [3.05, 3.63) is 81.9 Å². The molecule has 2 unspecified atom stereocenters. The summed E-state index contributed by atoms with van der Waals surface area (Å²) in [5.74, 6) is 5.94. The molecule has 1 heterocycles. The summed E-state index contributed by atoms with van der Waals surface area (Å²) < 4.78 is 47.2. The van der Waals surface area contributed by atoms with Crippen molar-refractivity contribution in [3.63, 3.8) is 0 Å². The number of alkyl halides is 3. The molecular formula is C41H54ClF3N4O4. The maximum Gasteiger partial charge on any atom is 0.416 e. The number of aromatic hydroxyl groups is 1. The second-order valence-corrected chi connectivity index (χ2v) is 12.9. The van der Waals surface area contributed by atoms with Crippen LogP contribution >= 0.6 is 11.6 Å². The van der Waals surface area contributed by atoms with Crippen LogP contribution in [0.4, 0.5) is 18.0 Å². The summed E-state index contributed by atoms with van der Waals surface area (Å²) in [6, 6.07) is 7.88. The maximum absolute atomic E-state index is 14.8. The summed E-state index contributed by atoms with van der Waals surface area (Å²) in [4.78, 5) is 37.5. The van der Waals surface area contributed by atoms with Gasteiger partial charge >= 0.3 is 12.2 Å². The number of unbranched alkanes of at least 4 members (excludes halogenated alkanes) is 1. The van der Waals surface area contributed by atoms with E-state index in [1.807, 2.05) is 27.7 Å². The van der Waals surface area contributed by atoms with Crippen LogP contribution in [0.25, 0.3) is 0 Å². The van der Waals surface area contributed by atoms with Crippen molar-refractivity contribution in [3.8, 4) is 23.3 Å². The Kier molecular flexibility index (Phi) is 18.5. The smallest absolute Gasteiger partial charge is 0.416 e. The van der Waals surface area contributed by atoms with Gasteiger partial charge in [-0.3, -0.25) is 14.7 Å². The number of urea groups is 1. The number of rotatable bonds is 15. The fourth-order valence-electron chi connectivity index (χ4n) is 5.80. The van der Waals surface area contributed by atoms with E-state index in [0.717, 1.165) is 17.7 Å². The summed E-state index contributed by atoms with van der Waals surface area (Å²) in [6.45, 7) is 14.3. The van der Waals surface area contributed by atoms with E-state index in [1.165, 1.54) is 23.1 Å². The summed E-state index contributed by atoms with van der Waals surface area (Å²) in [7, 11) is 1.75. The molecule has 3 amide bonds. The van der Waals surface area contributed by atoms with Crippen LogP contribution in [0.5, 0.6) is 11.5 Å². The zero-order valence-electron chi connectivity index (χ0n) is 32.2. The number of amidine groups is 1. The minimum absolute atomic E-state index is 0.00111. The van der Waals surface area contributed by atoms with Gasteiger partial charge in [0.1, 0.15) is 23.4 Å². The Morgan fingerprint density at radius 1 is 1.04 bits per heavy atom. The molecule has 3 rings (SSSR count). The Morgan fingerprint density at radius 3 is 2.30 bits per heavy atom. The molecular weight excluding hydrogens is 705 g/mol. The first-order valence-corrected chi connectivity index (χ1v) is 18.5. The third kappa shape index (κ3) is 12.9. The van der Waals surface area contributed by atoms with Crippen molar-refractivity contribution in [2.24, 2.45) is 4.99 Å². The molecule has 12 heteroatoms.